The van der Waals surface area contributed by atoms with E-state index in [0.717, 1.165) is 0 Å². The van der Waals surface area contributed by atoms with Gasteiger partial charge in [0.25, 0.3) is 0 Å². The number of aliphatic imine (C=N–C) groups is 2. The van der Waals surface area contributed by atoms with Crippen LogP contribution in [0.4, 0.5) is 0 Å². The van der Waals surface area contributed by atoms with E-state index in [1.54, 1.807) is 31.2 Å². The second-order valence-corrected chi connectivity index (χ2v) is 8.96. The summed E-state index contributed by atoms with van der Waals surface area (Å²) in [6.07, 6.45) is 0. The van der Waals surface area contributed by atoms with Gasteiger partial charge in [0.1, 0.15) is 65.0 Å². The minimum absolute atomic E-state index is 0.0245. The Bertz CT molecular complexity index is 2530. The molecule has 0 aromatic carbocycles. The summed E-state index contributed by atoms with van der Waals surface area (Å²) < 4.78 is 0. The highest BCUT2D eigenvalue weighted by Crippen LogP contribution is 2.26. The molecule has 218 valence electrons. The van der Waals surface area contributed by atoms with E-state index in [-0.39, 0.29) is 73.6 Å². The molecule has 0 fully saturated rings. The van der Waals surface area contributed by atoms with E-state index in [9.17, 15) is 36.8 Å². The second kappa shape index (κ2) is 11.3. The Morgan fingerprint density at radius 2 is 0.729 bits per heavy atom. The molecule has 6 rings (SSSR count). The molecule has 0 spiro atoms. The Morgan fingerprint density at radius 3 is 0.958 bits per heavy atom. The van der Waals surface area contributed by atoms with Crippen LogP contribution >= 0.6 is 0 Å². The van der Waals surface area contributed by atoms with Crippen LogP contribution in [0.2, 0.25) is 0 Å². The summed E-state index contributed by atoms with van der Waals surface area (Å²) in [5.74, 6) is -2.09. The summed E-state index contributed by atoms with van der Waals surface area (Å²) in [6.45, 7) is 1.55. The largest absolute Gasteiger partial charge is 0.382 e. The van der Waals surface area contributed by atoms with Gasteiger partial charge in [-0.3, -0.25) is 0 Å². The molecule has 3 aromatic rings. The van der Waals surface area contributed by atoms with Crippen LogP contribution in [-0.4, -0.2) is 46.4 Å². The summed E-state index contributed by atoms with van der Waals surface area (Å²) in [7, 11) is 0. The van der Waals surface area contributed by atoms with Crippen molar-refractivity contribution in [3.8, 4) is 42.5 Å². The molecule has 0 saturated carbocycles. The lowest BCUT2D eigenvalue weighted by molar-refractivity contribution is 0.959. The third kappa shape index (κ3) is 4.75. The Kier molecular flexibility index (Phi) is 6.91. The van der Waals surface area contributed by atoms with E-state index in [0.29, 0.717) is 5.71 Å². The molecule has 2 N–H and O–H groups in total. The standard InChI is InChI=1S/C27H5N21/c1-9-17(35)41-18(36-9)10(2-28)19-42-20(11(3-29)22-45-24-25(46-22)38-14(6-32)13(5-31)37-24)44-21(43-19)12(4-30)23-47-26-27(48-23)40-16(8-34)15(7-33)39-26/h1H3,(H2,35,41)/b18-10-. The normalized spacial score (nSPS) is 14.1. The first kappa shape index (κ1) is 29.2. The molecule has 0 radical (unpaired) electrons. The SMILES string of the molecule is CC1=N/C(=C(\C#N)c2nc(C(C#N)=C3N=c4nc(C#N)c(C#N)nc4=N3)nc(C(C#N)=C3N=c4nc(C#N)c(C#N)nc4=N3)n2)N=C1N. The van der Waals surface area contributed by atoms with Gasteiger partial charge in [0.15, 0.2) is 57.7 Å². The predicted molar refractivity (Wildman–Crippen MR) is 150 cm³/mol. The Balaban J connectivity index is 1.64. The third-order valence-electron chi connectivity index (χ3n) is 6.17. The average molecular weight is 623 g/mol. The van der Waals surface area contributed by atoms with E-state index < -0.39 is 28.6 Å². The third-order valence-corrected chi connectivity index (χ3v) is 6.17. The number of aromatic nitrogens is 7. The lowest BCUT2D eigenvalue weighted by atomic mass is 10.2. The molecule has 0 amide bonds. The zero-order valence-corrected chi connectivity index (χ0v) is 23.5. The molecule has 21 heteroatoms. The zero-order valence-electron chi connectivity index (χ0n) is 23.5. The van der Waals surface area contributed by atoms with Crippen LogP contribution in [0.3, 0.4) is 0 Å². The Hall–Kier alpha value is -8.84. The van der Waals surface area contributed by atoms with Crippen molar-refractivity contribution in [1.29, 1.82) is 36.8 Å². The molecule has 0 bridgehead atoms. The van der Waals surface area contributed by atoms with Crippen molar-refractivity contribution in [2.45, 2.75) is 6.92 Å². The molecule has 3 aliphatic heterocycles. The number of amidine groups is 1. The van der Waals surface area contributed by atoms with Gasteiger partial charge in [0, 0.05) is 0 Å². The van der Waals surface area contributed by atoms with Crippen molar-refractivity contribution in [2.24, 2.45) is 35.7 Å². The Labute approximate surface area is 264 Å². The number of nitriles is 7. The smallest absolute Gasteiger partial charge is 0.201 e. The van der Waals surface area contributed by atoms with Gasteiger partial charge in [-0.1, -0.05) is 0 Å². The topological polar surface area (TPSA) is 357 Å². The van der Waals surface area contributed by atoms with Crippen LogP contribution in [0, 0.1) is 79.3 Å². The minimum atomic E-state index is -0.448. The van der Waals surface area contributed by atoms with Crippen LogP contribution in [0.1, 0.15) is 47.2 Å². The summed E-state index contributed by atoms with van der Waals surface area (Å²) in [6, 6.07) is 12.5. The first-order valence-electron chi connectivity index (χ1n) is 12.7. The maximum absolute atomic E-state index is 10.2. The predicted octanol–water partition coefficient (Wildman–Crippen LogP) is -2.75. The fraction of sp³-hybridized carbons (Fsp3) is 0.0370. The van der Waals surface area contributed by atoms with Gasteiger partial charge in [-0.05, 0) is 6.92 Å². The van der Waals surface area contributed by atoms with Gasteiger partial charge in [-0.2, -0.15) is 36.8 Å². The quantitative estimate of drug-likeness (QED) is 0.289. The zero-order chi connectivity index (χ0) is 34.1. The first-order valence-corrected chi connectivity index (χ1v) is 12.7. The highest BCUT2D eigenvalue weighted by molar-refractivity contribution is 6.41. The van der Waals surface area contributed by atoms with E-state index in [4.69, 9.17) is 5.73 Å². The second-order valence-electron chi connectivity index (χ2n) is 8.96. The number of fused-ring (bicyclic) bond motifs is 2. The number of hydrogen-bond donors (Lipinski definition) is 1. The van der Waals surface area contributed by atoms with Crippen molar-refractivity contribution >= 4 is 28.3 Å². The van der Waals surface area contributed by atoms with Gasteiger partial charge in [0.05, 0.1) is 5.71 Å². The Morgan fingerprint density at radius 1 is 0.438 bits per heavy atom. The first-order chi connectivity index (χ1) is 23.2. The van der Waals surface area contributed by atoms with Gasteiger partial charge < -0.3 is 5.73 Å². The van der Waals surface area contributed by atoms with E-state index in [1.165, 1.54) is 0 Å². The number of nitrogens with zero attached hydrogens (tertiary/aromatic N) is 20. The number of allylic oxidation sites excluding steroid dienone is 3. The van der Waals surface area contributed by atoms with E-state index in [1.807, 2.05) is 18.2 Å². The van der Waals surface area contributed by atoms with Crippen molar-refractivity contribution < 1.29 is 0 Å². The average Bonchev–Trinajstić information content (AvgIpc) is 3.79. The molecule has 21 nitrogen and oxygen atoms in total. The summed E-state index contributed by atoms with van der Waals surface area (Å²) in [5.41, 5.74) is 3.03. The number of hydrogen-bond acceptors (Lipinski definition) is 21. The molecular weight excluding hydrogens is 618 g/mol. The molecule has 0 aliphatic carbocycles. The molecule has 0 unspecified atom stereocenters. The van der Waals surface area contributed by atoms with Gasteiger partial charge in [-0.25, -0.2) is 64.8 Å². The highest BCUT2D eigenvalue weighted by Gasteiger charge is 2.26. The van der Waals surface area contributed by atoms with E-state index in [2.05, 4.69) is 64.8 Å². The molecular formula is C27H5N21. The maximum atomic E-state index is 10.2. The molecule has 3 aliphatic rings. The van der Waals surface area contributed by atoms with Crippen molar-refractivity contribution in [3.05, 3.63) is 79.7 Å². The minimum Gasteiger partial charge on any atom is -0.382 e. The van der Waals surface area contributed by atoms with Crippen molar-refractivity contribution in [1.82, 2.24) is 34.9 Å². The lowest BCUT2D eigenvalue weighted by Crippen LogP contribution is -2.31. The lowest BCUT2D eigenvalue weighted by Gasteiger charge is -2.07. The summed E-state index contributed by atoms with van der Waals surface area (Å²) >= 11 is 0. The van der Waals surface area contributed by atoms with Crippen molar-refractivity contribution in [3.63, 3.8) is 0 Å². The molecule has 6 heterocycles. The van der Waals surface area contributed by atoms with Crippen LogP contribution in [0.5, 0.6) is 0 Å². The summed E-state index contributed by atoms with van der Waals surface area (Å²) in [4.78, 5) is 53.4. The van der Waals surface area contributed by atoms with Gasteiger partial charge >= 0.3 is 0 Å². The fourth-order valence-corrected chi connectivity index (χ4v) is 3.98. The number of nitrogens with two attached hydrogens (primary N) is 1. The van der Waals surface area contributed by atoms with Crippen molar-refractivity contribution in [2.75, 3.05) is 0 Å². The molecule has 0 saturated heterocycles. The maximum Gasteiger partial charge on any atom is 0.201 e. The van der Waals surface area contributed by atoms with Crippen LogP contribution in [-0.2, 0) is 0 Å². The highest BCUT2D eigenvalue weighted by atomic mass is 15.1. The van der Waals surface area contributed by atoms with Crippen LogP contribution in [0.15, 0.2) is 47.4 Å². The van der Waals surface area contributed by atoms with Gasteiger partial charge in [0.2, 0.25) is 22.0 Å². The monoisotopic (exact) mass is 623 g/mol. The number of rotatable bonds is 3. The van der Waals surface area contributed by atoms with Crippen LogP contribution in [0.25, 0.3) is 16.7 Å². The fourth-order valence-electron chi connectivity index (χ4n) is 3.98. The van der Waals surface area contributed by atoms with Gasteiger partial charge in [-0.15, -0.1) is 0 Å². The van der Waals surface area contributed by atoms with E-state index >= 15 is 0 Å². The molecule has 48 heavy (non-hydrogen) atoms. The molecule has 0 atom stereocenters. The summed E-state index contributed by atoms with van der Waals surface area (Å²) in [5, 5.41) is 67.7. The van der Waals surface area contributed by atoms with Crippen LogP contribution < -0.4 is 27.7 Å². The molecule has 3 aromatic heterocycles.